The predicted octanol–water partition coefficient (Wildman–Crippen LogP) is 3.03. The molecule has 0 atom stereocenters. The van der Waals surface area contributed by atoms with Gasteiger partial charge >= 0.3 is 17.3 Å². The number of nitrogens with zero attached hydrogens (tertiary/aromatic N) is 11. The van der Waals surface area contributed by atoms with Crippen molar-refractivity contribution in [3.63, 3.8) is 0 Å². The van der Waals surface area contributed by atoms with Gasteiger partial charge in [-0.15, -0.1) is 0 Å². The van der Waals surface area contributed by atoms with Gasteiger partial charge in [-0.1, -0.05) is 24.3 Å². The Morgan fingerprint density at radius 2 is 1.16 bits per heavy atom. The number of hydrogen-bond acceptors (Lipinski definition) is 8. The van der Waals surface area contributed by atoms with Crippen molar-refractivity contribution in [2.45, 2.75) is 13.1 Å². The molecule has 0 aliphatic carbocycles. The molecule has 1 N–H and O–H groups in total. The summed E-state index contributed by atoms with van der Waals surface area (Å²) in [7, 11) is 0. The first-order chi connectivity index (χ1) is 23.9. The van der Waals surface area contributed by atoms with Crippen molar-refractivity contribution in [2.24, 2.45) is 0 Å². The summed E-state index contributed by atoms with van der Waals surface area (Å²) < 4.78 is 8.99. The van der Waals surface area contributed by atoms with E-state index in [4.69, 9.17) is 0 Å². The van der Waals surface area contributed by atoms with Crippen molar-refractivity contribution in [1.82, 2.24) is 47.5 Å². The van der Waals surface area contributed by atoms with Gasteiger partial charge in [-0.05, 0) is 47.5 Å². The maximum atomic E-state index is 12.5. The van der Waals surface area contributed by atoms with Crippen molar-refractivity contribution in [2.75, 3.05) is 0 Å². The molecule has 6 heterocycles. The molecule has 8 rings (SSSR count). The lowest BCUT2D eigenvalue weighted by molar-refractivity contribution is 0.0697. The molecule has 8 aromatic rings. The number of benzene rings is 2. The number of nitriles is 1. The summed E-state index contributed by atoms with van der Waals surface area (Å²) in [5.74, 6) is -1.13. The van der Waals surface area contributed by atoms with E-state index in [0.29, 0.717) is 17.8 Å². The summed E-state index contributed by atoms with van der Waals surface area (Å²) in [6.45, 7) is 0.633. The number of aromatic carboxylic acids is 1. The van der Waals surface area contributed by atoms with Crippen molar-refractivity contribution >= 4 is 17.3 Å². The normalized spacial score (nSPS) is 10.9. The van der Waals surface area contributed by atoms with E-state index in [9.17, 15) is 24.8 Å². The lowest BCUT2D eigenvalue weighted by Crippen LogP contribution is -2.28. The maximum Gasteiger partial charge on any atom is 0.341 e. The summed E-state index contributed by atoms with van der Waals surface area (Å²) in [6, 6.07) is 21.1. The van der Waals surface area contributed by atoms with Crippen LogP contribution >= 0.6 is 0 Å². The average Bonchev–Trinajstić information content (AvgIpc) is 3.96. The van der Waals surface area contributed by atoms with Crippen LogP contribution in [0.3, 0.4) is 0 Å². The Bertz CT molecular complexity index is 2570. The Morgan fingerprint density at radius 3 is 1.63 bits per heavy atom. The number of carbonyl (C=O) groups is 1. The van der Waals surface area contributed by atoms with Gasteiger partial charge in [0.05, 0.1) is 24.5 Å². The van der Waals surface area contributed by atoms with Gasteiger partial charge in [0.15, 0.2) is 11.3 Å². The SMILES string of the molecule is N#Cc1cn(Cc2ccc(-n3cccn3)cc2)c(=O)n2ccnc12.O=C(O)c1cn(Cc2ccc(-n3cccn3)cc2)c(=O)n2ccnc12. The molecule has 49 heavy (non-hydrogen) atoms. The fourth-order valence-electron chi connectivity index (χ4n) is 5.33. The minimum Gasteiger partial charge on any atom is -0.478 e. The quantitative estimate of drug-likeness (QED) is 0.272. The van der Waals surface area contributed by atoms with Gasteiger partial charge in [0, 0.05) is 62.0 Å². The summed E-state index contributed by atoms with van der Waals surface area (Å²) in [4.78, 5) is 44.4. The van der Waals surface area contributed by atoms with Crippen molar-refractivity contribution in [3.8, 4) is 17.4 Å². The second-order valence-electron chi connectivity index (χ2n) is 10.8. The van der Waals surface area contributed by atoms with Crippen molar-refractivity contribution < 1.29 is 9.90 Å². The molecule has 0 saturated carbocycles. The van der Waals surface area contributed by atoms with Crippen LogP contribution in [0.5, 0.6) is 0 Å². The van der Waals surface area contributed by atoms with E-state index in [-0.39, 0.29) is 29.1 Å². The van der Waals surface area contributed by atoms with Crippen LogP contribution in [0, 0.1) is 11.3 Å². The number of imidazole rings is 2. The highest BCUT2D eigenvalue weighted by Crippen LogP contribution is 2.13. The Labute approximate surface area is 276 Å². The van der Waals surface area contributed by atoms with Crippen LogP contribution in [0.25, 0.3) is 22.7 Å². The summed E-state index contributed by atoms with van der Waals surface area (Å²) in [6.07, 6.45) is 15.9. The largest absolute Gasteiger partial charge is 0.478 e. The molecular formula is C34H25N11O4. The molecule has 240 valence electrons. The molecule has 15 heteroatoms. The minimum absolute atomic E-state index is 0.0160. The molecule has 0 bridgehead atoms. The van der Waals surface area contributed by atoms with Gasteiger partial charge in [0.2, 0.25) is 0 Å². The van der Waals surface area contributed by atoms with Crippen LogP contribution < -0.4 is 11.4 Å². The van der Waals surface area contributed by atoms with Gasteiger partial charge in [-0.3, -0.25) is 17.9 Å². The lowest BCUT2D eigenvalue weighted by Gasteiger charge is -2.09. The molecule has 2 aromatic carbocycles. The molecule has 0 saturated heterocycles. The highest BCUT2D eigenvalue weighted by molar-refractivity contribution is 5.93. The number of hydrogen-bond donors (Lipinski definition) is 1. The highest BCUT2D eigenvalue weighted by Gasteiger charge is 2.15. The second kappa shape index (κ2) is 12.8. The van der Waals surface area contributed by atoms with Crippen LogP contribution in [0.15, 0.2) is 132 Å². The van der Waals surface area contributed by atoms with Gasteiger partial charge in [-0.2, -0.15) is 15.5 Å². The topological polar surface area (TPSA) is 175 Å². The van der Waals surface area contributed by atoms with E-state index < -0.39 is 5.97 Å². The fraction of sp³-hybridized carbons (Fsp3) is 0.0588. The monoisotopic (exact) mass is 651 g/mol. The van der Waals surface area contributed by atoms with E-state index in [1.807, 2.05) is 73.1 Å². The average molecular weight is 652 g/mol. The van der Waals surface area contributed by atoms with Crippen LogP contribution in [0.1, 0.15) is 27.0 Å². The summed E-state index contributed by atoms with van der Waals surface area (Å²) in [5.41, 5.74) is 3.98. The second-order valence-corrected chi connectivity index (χ2v) is 10.8. The Kier molecular flexibility index (Phi) is 7.93. The zero-order valence-electron chi connectivity index (χ0n) is 25.6. The van der Waals surface area contributed by atoms with Crippen LogP contribution in [-0.4, -0.2) is 58.5 Å². The Morgan fingerprint density at radius 1 is 0.673 bits per heavy atom. The molecule has 0 unspecified atom stereocenters. The number of carboxylic acid groups (broad SMARTS) is 1. The van der Waals surface area contributed by atoms with E-state index in [0.717, 1.165) is 22.5 Å². The summed E-state index contributed by atoms with van der Waals surface area (Å²) in [5, 5.41) is 26.9. The van der Waals surface area contributed by atoms with Gasteiger partial charge in [-0.25, -0.2) is 33.7 Å². The predicted molar refractivity (Wildman–Crippen MR) is 176 cm³/mol. The molecule has 0 amide bonds. The Balaban J connectivity index is 0.000000154. The number of rotatable bonds is 7. The third-order valence-electron chi connectivity index (χ3n) is 7.70. The first-order valence-corrected chi connectivity index (χ1v) is 14.8. The highest BCUT2D eigenvalue weighted by atomic mass is 16.4. The minimum atomic E-state index is -1.13. The maximum absolute atomic E-state index is 12.5. The van der Waals surface area contributed by atoms with Crippen molar-refractivity contribution in [1.29, 1.82) is 5.26 Å². The first-order valence-electron chi connectivity index (χ1n) is 14.8. The molecule has 15 nitrogen and oxygen atoms in total. The number of aromatic nitrogens is 10. The Hall–Kier alpha value is -7.34. The van der Waals surface area contributed by atoms with E-state index in [1.165, 1.54) is 42.7 Å². The first kappa shape index (κ1) is 30.3. The van der Waals surface area contributed by atoms with Crippen LogP contribution in [-0.2, 0) is 13.1 Å². The lowest BCUT2D eigenvalue weighted by atomic mass is 10.2. The molecule has 0 fully saturated rings. The molecule has 0 aliphatic rings. The molecule has 0 aliphatic heterocycles. The van der Waals surface area contributed by atoms with Crippen LogP contribution in [0.4, 0.5) is 0 Å². The van der Waals surface area contributed by atoms with Crippen molar-refractivity contribution in [3.05, 3.63) is 166 Å². The third kappa shape index (κ3) is 6.00. The molecular weight excluding hydrogens is 626 g/mol. The standard InChI is InChI=1S/C17H12N6O.C17H13N5O3/c18-10-14-12-21(17(24)22-9-7-19-16(14)22)11-13-2-4-15(5-3-13)23-8-1-6-20-23;23-16(24)14-11-20(17(25)21-9-7-18-15(14)21)10-12-2-4-13(5-3-12)22-8-1-6-19-22/h1-9,12H,11H2;1-9,11H,10H2,(H,23,24). The van der Waals surface area contributed by atoms with E-state index in [2.05, 4.69) is 26.2 Å². The molecule has 6 aromatic heterocycles. The molecule has 0 radical (unpaired) electrons. The number of fused-ring (bicyclic) bond motifs is 2. The van der Waals surface area contributed by atoms with Gasteiger partial charge < -0.3 is 5.11 Å². The zero-order chi connectivity index (χ0) is 33.9. The van der Waals surface area contributed by atoms with Crippen LogP contribution in [0.2, 0.25) is 0 Å². The van der Waals surface area contributed by atoms with E-state index >= 15 is 0 Å². The number of carboxylic acids is 1. The van der Waals surface area contributed by atoms with Gasteiger partial charge in [0.1, 0.15) is 17.2 Å². The van der Waals surface area contributed by atoms with E-state index in [1.54, 1.807) is 34.2 Å². The smallest absolute Gasteiger partial charge is 0.341 e. The third-order valence-corrected chi connectivity index (χ3v) is 7.70. The fourth-order valence-corrected chi connectivity index (χ4v) is 5.33. The molecule has 0 spiro atoms. The zero-order valence-corrected chi connectivity index (χ0v) is 25.6. The van der Waals surface area contributed by atoms with Gasteiger partial charge in [0.25, 0.3) is 0 Å². The summed E-state index contributed by atoms with van der Waals surface area (Å²) >= 11 is 0.